The molecule has 0 bridgehead atoms. The zero-order valence-electron chi connectivity index (χ0n) is 31.5. The van der Waals surface area contributed by atoms with Crippen LogP contribution in [-0.4, -0.2) is 88.1 Å². The molecule has 1 unspecified atom stereocenters. The average molecular weight is 708 g/mol. The number of carbonyl (C=O) groups excluding carboxylic acids is 1. The van der Waals surface area contributed by atoms with E-state index in [2.05, 4.69) is 26.0 Å². The fourth-order valence-corrected chi connectivity index (χ4v) is 5.69. The van der Waals surface area contributed by atoms with Crippen LogP contribution in [0.25, 0.3) is 0 Å². The topological polar surface area (TPSA) is 155 Å². The quantitative estimate of drug-likeness (QED) is 0.0298. The van der Waals surface area contributed by atoms with E-state index in [-0.39, 0.29) is 12.8 Å². The third-order valence-corrected chi connectivity index (χ3v) is 9.05. The second-order valence-electron chi connectivity index (χ2n) is 13.3. The number of carbonyl (C=O) groups is 4. The van der Waals surface area contributed by atoms with Crippen LogP contribution < -0.4 is 5.73 Å². The minimum absolute atomic E-state index is 0.0231. The molecule has 0 aliphatic rings. The van der Waals surface area contributed by atoms with E-state index in [0.717, 1.165) is 25.7 Å². The van der Waals surface area contributed by atoms with Crippen molar-refractivity contribution in [3.05, 3.63) is 12.2 Å². The third kappa shape index (κ3) is 54.9. The Morgan fingerprint density at radius 3 is 1.12 bits per heavy atom. The number of allylic oxidation sites excluding steroid dienone is 2. The molecule has 0 aromatic carbocycles. The first-order valence-electron chi connectivity index (χ1n) is 19.6. The maximum absolute atomic E-state index is 10.9. The Balaban J connectivity index is -0.000000667. The van der Waals surface area contributed by atoms with Crippen molar-refractivity contribution >= 4 is 66.7 Å². The number of aliphatic carboxylic acids is 3. The van der Waals surface area contributed by atoms with E-state index in [1.54, 1.807) is 0 Å². The number of hydrogen-bond acceptors (Lipinski definition) is 5. The molecule has 0 rings (SSSR count). The summed E-state index contributed by atoms with van der Waals surface area (Å²) in [6, 6.07) is -1.06. The van der Waals surface area contributed by atoms with Gasteiger partial charge in [0.25, 0.3) is 0 Å². The predicted molar refractivity (Wildman–Crippen MR) is 201 cm³/mol. The zero-order chi connectivity index (χ0) is 36.5. The number of carboxylic acid groups (broad SMARTS) is 3. The van der Waals surface area contributed by atoms with Crippen molar-refractivity contribution in [3.63, 3.8) is 0 Å². The Labute approximate surface area is 328 Å². The fourth-order valence-electron chi connectivity index (χ4n) is 5.14. The van der Waals surface area contributed by atoms with Gasteiger partial charge >= 0.3 is 141 Å². The van der Waals surface area contributed by atoms with Gasteiger partial charge in [-0.05, 0) is 12.8 Å². The first-order chi connectivity index (χ1) is 23.1. The van der Waals surface area contributed by atoms with Crippen LogP contribution in [0, 0.1) is 0 Å². The Bertz CT molecular complexity index is 761. The summed E-state index contributed by atoms with van der Waals surface area (Å²) in [5, 5.41) is 24.8. The van der Waals surface area contributed by atoms with Crippen molar-refractivity contribution in [2.24, 2.45) is 5.73 Å². The van der Waals surface area contributed by atoms with Gasteiger partial charge in [-0.25, -0.2) is 0 Å². The molecule has 0 radical (unpaired) electrons. The second kappa shape index (κ2) is 44.4. The van der Waals surface area contributed by atoms with Gasteiger partial charge in [0.2, 0.25) is 0 Å². The molecule has 0 aliphatic heterocycles. The maximum atomic E-state index is 10.9. The van der Waals surface area contributed by atoms with Crippen molar-refractivity contribution in [2.75, 3.05) is 0 Å². The molecule has 278 valence electrons. The normalized spacial score (nSPS) is 11.4. The van der Waals surface area contributed by atoms with Gasteiger partial charge in [0.15, 0.2) is 0 Å². The summed E-state index contributed by atoms with van der Waals surface area (Å²) in [6.45, 7) is 4.53. The predicted octanol–water partition coefficient (Wildman–Crippen LogP) is 10.5. The van der Waals surface area contributed by atoms with E-state index in [4.69, 9.17) is 21.1 Å². The number of rotatable bonds is 33. The van der Waals surface area contributed by atoms with Crippen LogP contribution in [0.4, 0.5) is 0 Å². The van der Waals surface area contributed by atoms with E-state index in [9.17, 15) is 19.2 Å². The van der Waals surface area contributed by atoms with Crippen molar-refractivity contribution in [1.29, 1.82) is 0 Å². The molecule has 0 aromatic rings. The van der Waals surface area contributed by atoms with Gasteiger partial charge in [0.1, 0.15) is 6.04 Å². The summed E-state index contributed by atoms with van der Waals surface area (Å²) in [5.41, 5.74) is 5.00. The van der Waals surface area contributed by atoms with Crippen LogP contribution >= 0.6 is 0 Å². The van der Waals surface area contributed by atoms with E-state index < -0.39 is 23.9 Å². The van der Waals surface area contributed by atoms with E-state index >= 15 is 0 Å². The summed E-state index contributed by atoms with van der Waals surface area (Å²) in [4.78, 5) is 41.0. The molecule has 0 heterocycles. The van der Waals surface area contributed by atoms with Crippen LogP contribution in [-0.2, 0) is 19.2 Å². The van der Waals surface area contributed by atoms with Crippen LogP contribution in [0.5, 0.6) is 0 Å². The van der Waals surface area contributed by atoms with Gasteiger partial charge in [0, 0.05) is 12.8 Å². The fraction of sp³-hybridized carbons (Fsp3) is 0.846. The van der Waals surface area contributed by atoms with Gasteiger partial charge in [-0.1, -0.05) is 123 Å². The van der Waals surface area contributed by atoms with Gasteiger partial charge in [-0.3, -0.25) is 14.4 Å². The molecule has 8 nitrogen and oxygen atoms in total. The molecule has 0 saturated carbocycles. The number of hydrogen-bond donors (Lipinski definition) is 4. The van der Waals surface area contributed by atoms with E-state index in [1.807, 2.05) is 0 Å². The van der Waals surface area contributed by atoms with Crippen molar-refractivity contribution in [1.82, 2.24) is 0 Å². The van der Waals surface area contributed by atoms with Gasteiger partial charge in [0.05, 0.1) is 0 Å². The summed E-state index contributed by atoms with van der Waals surface area (Å²) in [7, 11) is 0. The van der Waals surface area contributed by atoms with Crippen LogP contribution in [0.3, 0.4) is 0 Å². The standard InChI is InChI=1S/C18H33O.C16H32O2.C5H9NO4.K/c1-2-3-4-5-6-7-8-9-10-11-12-13-14-15-16-17-18-19;1-2-3-4-5-6-7-8-9-10-11-12-13-14-15-16(17)18;6-3(5(9)10)1-2-4(7)8;/h9-10H,2-8,11-17H2,1H3;2-15H2,1H3,(H,17,18);3H,1-2,6H2,(H,7,8)(H,9,10);/b10-9-;;;. The van der Waals surface area contributed by atoms with Crippen LogP contribution in [0.15, 0.2) is 12.2 Å². The van der Waals surface area contributed by atoms with Gasteiger partial charge in [-0.15, -0.1) is 0 Å². The summed E-state index contributed by atoms with van der Waals surface area (Å²) < 4.78 is 0.523. The van der Waals surface area contributed by atoms with Gasteiger partial charge < -0.3 is 21.1 Å². The molecule has 0 fully saturated rings. The molecule has 0 saturated heterocycles. The van der Waals surface area contributed by atoms with Crippen molar-refractivity contribution in [2.45, 2.75) is 213 Å². The average Bonchev–Trinajstić information content (AvgIpc) is 3.04. The molecule has 1 atom stereocenters. The first kappa shape index (κ1) is 51.8. The van der Waals surface area contributed by atoms with Gasteiger partial charge in [-0.2, -0.15) is 0 Å². The minimum Gasteiger partial charge on any atom is -0.481 e. The van der Waals surface area contributed by atoms with E-state index in [0.29, 0.717) is 55.3 Å². The Hall–Kier alpha value is -0.584. The van der Waals surface area contributed by atoms with Crippen molar-refractivity contribution < 1.29 is 34.5 Å². The third-order valence-electron chi connectivity index (χ3n) is 8.27. The minimum atomic E-state index is -1.17. The van der Waals surface area contributed by atoms with Crippen LogP contribution in [0.2, 0.25) is 0 Å². The molecule has 0 amide bonds. The largest absolute Gasteiger partial charge is 0.481 e. The summed E-state index contributed by atoms with van der Waals surface area (Å²) >= 11 is 0.411. The number of unbranched alkanes of at least 4 members (excludes halogenated alkanes) is 23. The summed E-state index contributed by atoms with van der Waals surface area (Å²) in [5.74, 6) is -2.85. The van der Waals surface area contributed by atoms with Crippen molar-refractivity contribution in [3.8, 4) is 0 Å². The maximum Gasteiger partial charge on any atom is 0.320 e. The SMILES string of the molecule is CCCCCCCC/C=C\CCCCCCC[C](=O)[K].CCCCCCCCCCCCCCCC(=O)O.NC(CCC(=O)O)C(=O)O. The molecule has 48 heavy (non-hydrogen) atoms. The Morgan fingerprint density at radius 2 is 0.812 bits per heavy atom. The smallest absolute Gasteiger partial charge is 0.320 e. The summed E-state index contributed by atoms with van der Waals surface area (Å²) in [6.07, 6.45) is 39.9. The zero-order valence-corrected chi connectivity index (χ0v) is 34.6. The second-order valence-corrected chi connectivity index (χ2v) is 15.0. The molecule has 9 heteroatoms. The molecule has 0 aromatic heterocycles. The first-order valence-corrected chi connectivity index (χ1v) is 21.2. The molecule has 0 spiro atoms. The monoisotopic (exact) mass is 708 g/mol. The Kier molecular flexibility index (Phi) is 47.9. The molecule has 5 N–H and O–H groups in total. The molecular weight excluding hydrogens is 634 g/mol. The Morgan fingerprint density at radius 1 is 0.500 bits per heavy atom. The van der Waals surface area contributed by atoms with Crippen LogP contribution in [0.1, 0.15) is 206 Å². The van der Waals surface area contributed by atoms with E-state index in [1.165, 1.54) is 148 Å². The molecular formula is C39H74KNO7. The number of carboxylic acids is 3. The number of nitrogens with two attached hydrogens (primary N) is 1. The molecule has 0 aliphatic carbocycles.